The van der Waals surface area contributed by atoms with Crippen LogP contribution in [0.15, 0.2) is 6.07 Å². The number of halogens is 7. The quantitative estimate of drug-likeness (QED) is 0.387. The molecule has 1 aliphatic rings. The van der Waals surface area contributed by atoms with Crippen LogP contribution in [0.25, 0.3) is 0 Å². The fourth-order valence-corrected chi connectivity index (χ4v) is 2.60. The predicted octanol–water partition coefficient (Wildman–Crippen LogP) is 4.15. The van der Waals surface area contributed by atoms with E-state index in [4.69, 9.17) is 9.47 Å². The summed E-state index contributed by atoms with van der Waals surface area (Å²) in [6, 6.07) is 1.02. The number of phenolic OH excluding ortho intramolecular Hbond substituents is 1. The molecule has 0 aliphatic carbocycles. The molecule has 0 bridgehead atoms. The summed E-state index contributed by atoms with van der Waals surface area (Å²) in [4.78, 5) is 12.0. The third-order valence-corrected chi connectivity index (χ3v) is 3.98. The van der Waals surface area contributed by atoms with Gasteiger partial charge in [0.25, 0.3) is 6.10 Å². The molecule has 0 radical (unpaired) electrons. The molecule has 0 saturated carbocycles. The summed E-state index contributed by atoms with van der Waals surface area (Å²) in [6.45, 7) is 2.78. The third-order valence-electron chi connectivity index (χ3n) is 2.89. The lowest BCUT2D eigenvalue weighted by Crippen LogP contribution is -2.45. The van der Waals surface area contributed by atoms with Crippen molar-refractivity contribution < 1.29 is 50.5 Å². The molecule has 5 nitrogen and oxygen atoms in total. The Hall–Kier alpha value is -1.60. The van der Waals surface area contributed by atoms with Crippen molar-refractivity contribution >= 4 is 28.6 Å². The fourth-order valence-electron chi connectivity index (χ4n) is 1.98. The predicted molar refractivity (Wildman–Crippen MR) is 77.5 cm³/mol. The maximum absolute atomic E-state index is 12.6. The Balaban J connectivity index is 2.48. The van der Waals surface area contributed by atoms with Crippen molar-refractivity contribution in [3.05, 3.63) is 15.2 Å². The SMILES string of the molecule is CC1(C)Oc2cc(O)c(I)c(C(=O)OC(C(F)(F)F)C(F)(F)F)c2O1. The first-order chi connectivity index (χ1) is 11.1. The Morgan fingerprint density at radius 3 is 2.20 bits per heavy atom. The second-order valence-electron chi connectivity index (χ2n) is 5.38. The van der Waals surface area contributed by atoms with Crippen molar-refractivity contribution in [1.82, 2.24) is 0 Å². The molecule has 1 aliphatic heterocycles. The first kappa shape index (κ1) is 19.7. The number of carbonyl (C=O) groups excluding carboxylic acids is 1. The van der Waals surface area contributed by atoms with Gasteiger partial charge in [-0.15, -0.1) is 0 Å². The number of carbonyl (C=O) groups is 1. The molecule has 1 heterocycles. The number of rotatable bonds is 2. The van der Waals surface area contributed by atoms with E-state index in [1.54, 1.807) is 0 Å². The average molecular weight is 486 g/mol. The Morgan fingerprint density at radius 2 is 1.72 bits per heavy atom. The summed E-state index contributed by atoms with van der Waals surface area (Å²) in [7, 11) is 0. The molecule has 25 heavy (non-hydrogen) atoms. The highest BCUT2D eigenvalue weighted by Gasteiger charge is 2.60. The van der Waals surface area contributed by atoms with E-state index < -0.39 is 47.3 Å². The number of esters is 1. The van der Waals surface area contributed by atoms with Crippen LogP contribution in [0.4, 0.5) is 26.3 Å². The van der Waals surface area contributed by atoms with Crippen molar-refractivity contribution in [2.45, 2.75) is 38.1 Å². The maximum Gasteiger partial charge on any atom is 0.434 e. The summed E-state index contributed by atoms with van der Waals surface area (Å²) in [6.07, 6.45) is -16.1. The summed E-state index contributed by atoms with van der Waals surface area (Å²) < 4.78 is 89.2. The molecule has 12 heteroatoms. The van der Waals surface area contributed by atoms with Crippen molar-refractivity contribution in [3.8, 4) is 17.2 Å². The van der Waals surface area contributed by atoms with Gasteiger partial charge < -0.3 is 19.3 Å². The van der Waals surface area contributed by atoms with Gasteiger partial charge in [-0.2, -0.15) is 26.3 Å². The molecule has 2 rings (SSSR count). The summed E-state index contributed by atoms with van der Waals surface area (Å²) in [5.41, 5.74) is -0.792. The lowest BCUT2D eigenvalue weighted by Gasteiger charge is -2.23. The van der Waals surface area contributed by atoms with Crippen molar-refractivity contribution in [2.24, 2.45) is 0 Å². The van der Waals surface area contributed by atoms with E-state index in [0.717, 1.165) is 6.07 Å². The van der Waals surface area contributed by atoms with E-state index in [2.05, 4.69) is 4.74 Å². The first-order valence-corrected chi connectivity index (χ1v) is 7.49. The summed E-state index contributed by atoms with van der Waals surface area (Å²) in [5.74, 6) is -4.53. The number of hydrogen-bond acceptors (Lipinski definition) is 5. The van der Waals surface area contributed by atoms with Crippen LogP contribution in [0.5, 0.6) is 17.2 Å². The lowest BCUT2D eigenvalue weighted by atomic mass is 10.1. The number of alkyl halides is 6. The fraction of sp³-hybridized carbons (Fsp3) is 0.462. The van der Waals surface area contributed by atoms with Gasteiger partial charge in [-0.25, -0.2) is 4.79 Å². The number of hydrogen-bond donors (Lipinski definition) is 1. The first-order valence-electron chi connectivity index (χ1n) is 6.41. The number of benzene rings is 1. The smallest absolute Gasteiger partial charge is 0.434 e. The van der Waals surface area contributed by atoms with Gasteiger partial charge in [0.1, 0.15) is 11.3 Å². The van der Waals surface area contributed by atoms with Gasteiger partial charge in [0, 0.05) is 19.9 Å². The zero-order chi connectivity index (χ0) is 19.4. The Morgan fingerprint density at radius 1 is 1.20 bits per heavy atom. The molecule has 1 aromatic rings. The van der Waals surface area contributed by atoms with Crippen molar-refractivity contribution in [3.63, 3.8) is 0 Å². The third kappa shape index (κ3) is 3.98. The van der Waals surface area contributed by atoms with Gasteiger partial charge in [-0.3, -0.25) is 0 Å². The molecule has 0 aromatic heterocycles. The minimum atomic E-state index is -5.87. The molecule has 0 fully saturated rings. The largest absolute Gasteiger partial charge is 0.507 e. The second-order valence-corrected chi connectivity index (χ2v) is 6.46. The number of phenols is 1. The van der Waals surface area contributed by atoms with Gasteiger partial charge in [-0.1, -0.05) is 0 Å². The van der Waals surface area contributed by atoms with E-state index >= 15 is 0 Å². The number of aromatic hydroxyl groups is 1. The summed E-state index contributed by atoms with van der Waals surface area (Å²) in [5, 5.41) is 9.74. The highest BCUT2D eigenvalue weighted by Crippen LogP contribution is 2.47. The van der Waals surface area contributed by atoms with Crippen LogP contribution >= 0.6 is 22.6 Å². The Bertz CT molecular complexity index is 698. The van der Waals surface area contributed by atoms with Crippen LogP contribution in [0, 0.1) is 3.57 Å². The normalized spacial score (nSPS) is 16.2. The van der Waals surface area contributed by atoms with Crippen LogP contribution in [-0.4, -0.2) is 35.3 Å². The molecule has 0 unspecified atom stereocenters. The van der Waals surface area contributed by atoms with E-state index in [-0.39, 0.29) is 9.32 Å². The molecule has 0 amide bonds. The van der Waals surface area contributed by atoms with Gasteiger partial charge in [0.05, 0.1) is 3.57 Å². The van der Waals surface area contributed by atoms with Gasteiger partial charge in [-0.05, 0) is 22.6 Å². The van der Waals surface area contributed by atoms with E-state index in [1.165, 1.54) is 36.4 Å². The molecule has 1 aromatic carbocycles. The highest BCUT2D eigenvalue weighted by molar-refractivity contribution is 14.1. The molecular formula is C13H9F6IO5. The van der Waals surface area contributed by atoms with Crippen LogP contribution in [0.2, 0.25) is 0 Å². The summed E-state index contributed by atoms with van der Waals surface area (Å²) >= 11 is 1.37. The molecule has 140 valence electrons. The minimum Gasteiger partial charge on any atom is -0.507 e. The van der Waals surface area contributed by atoms with Crippen LogP contribution in [0.3, 0.4) is 0 Å². The zero-order valence-electron chi connectivity index (χ0n) is 12.4. The Kier molecular flexibility index (Phi) is 4.72. The standard InChI is InChI=1S/C13H9F6IO5/c1-11(2)24-5-3-4(21)7(20)6(8(5)25-11)9(22)23-10(12(14,15)16)13(17,18)19/h3,10,21H,1-2H3. The van der Waals surface area contributed by atoms with E-state index in [0.29, 0.717) is 0 Å². The van der Waals surface area contributed by atoms with E-state index in [9.17, 15) is 36.2 Å². The van der Waals surface area contributed by atoms with Crippen LogP contribution in [0.1, 0.15) is 24.2 Å². The molecular weight excluding hydrogens is 477 g/mol. The van der Waals surface area contributed by atoms with Gasteiger partial charge in [0.2, 0.25) is 5.79 Å². The average Bonchev–Trinajstić information content (AvgIpc) is 2.68. The topological polar surface area (TPSA) is 65.0 Å². The zero-order valence-corrected chi connectivity index (χ0v) is 14.5. The molecule has 0 saturated heterocycles. The number of ether oxygens (including phenoxy) is 3. The van der Waals surface area contributed by atoms with Gasteiger partial charge >= 0.3 is 18.3 Å². The minimum absolute atomic E-state index is 0.217. The molecule has 0 atom stereocenters. The maximum atomic E-state index is 12.6. The van der Waals surface area contributed by atoms with Gasteiger partial charge in [0.15, 0.2) is 11.5 Å². The molecule has 0 spiro atoms. The van der Waals surface area contributed by atoms with Crippen molar-refractivity contribution in [2.75, 3.05) is 0 Å². The second kappa shape index (κ2) is 5.99. The van der Waals surface area contributed by atoms with Crippen LogP contribution in [-0.2, 0) is 4.74 Å². The highest BCUT2D eigenvalue weighted by atomic mass is 127. The van der Waals surface area contributed by atoms with Crippen molar-refractivity contribution in [1.29, 1.82) is 0 Å². The Labute approximate surface area is 150 Å². The van der Waals surface area contributed by atoms with Crippen LogP contribution < -0.4 is 9.47 Å². The number of fused-ring (bicyclic) bond motifs is 1. The monoisotopic (exact) mass is 486 g/mol. The molecule has 1 N–H and O–H groups in total. The lowest BCUT2D eigenvalue weighted by molar-refractivity contribution is -0.307. The van der Waals surface area contributed by atoms with E-state index in [1.807, 2.05) is 0 Å².